The zero-order chi connectivity index (χ0) is 14.6. The summed E-state index contributed by atoms with van der Waals surface area (Å²) in [5.74, 6) is 0.0650. The van der Waals surface area contributed by atoms with E-state index in [1.165, 1.54) is 4.90 Å². The molecule has 0 spiro atoms. The topological polar surface area (TPSA) is 60.9 Å². The summed E-state index contributed by atoms with van der Waals surface area (Å²) in [5, 5.41) is 10.3. The molecule has 1 aromatic rings. The molecule has 2 amide bonds. The first-order valence-corrected chi connectivity index (χ1v) is 7.48. The lowest BCUT2D eigenvalue weighted by Crippen LogP contribution is -2.64. The Bertz CT molecular complexity index is 583. The first-order chi connectivity index (χ1) is 10.1. The van der Waals surface area contributed by atoms with Crippen LogP contribution >= 0.6 is 0 Å². The van der Waals surface area contributed by atoms with E-state index in [0.29, 0.717) is 43.2 Å². The van der Waals surface area contributed by atoms with Crippen LogP contribution in [-0.2, 0) is 0 Å². The summed E-state index contributed by atoms with van der Waals surface area (Å²) in [7, 11) is 0. The molecule has 4 rings (SSSR count). The van der Waals surface area contributed by atoms with Gasteiger partial charge in [0.25, 0.3) is 11.8 Å². The van der Waals surface area contributed by atoms with E-state index in [9.17, 15) is 14.7 Å². The standard InChI is InChI=1S/C16H18N2O3/c19-14-12-3-1-2-4-13(12)15(20)18(14)8-7-17-9-16(21,10-17)11-5-6-11/h1-4,11,21H,5-10H2. The van der Waals surface area contributed by atoms with E-state index in [4.69, 9.17) is 0 Å². The van der Waals surface area contributed by atoms with Gasteiger partial charge in [-0.2, -0.15) is 0 Å². The van der Waals surface area contributed by atoms with Gasteiger partial charge < -0.3 is 5.11 Å². The zero-order valence-electron chi connectivity index (χ0n) is 11.8. The first-order valence-electron chi connectivity index (χ1n) is 7.48. The van der Waals surface area contributed by atoms with E-state index >= 15 is 0 Å². The van der Waals surface area contributed by atoms with Crippen LogP contribution in [0.3, 0.4) is 0 Å². The summed E-state index contributed by atoms with van der Waals surface area (Å²) in [6.07, 6.45) is 2.26. The van der Waals surface area contributed by atoms with Crippen LogP contribution in [0.15, 0.2) is 24.3 Å². The number of imide groups is 1. The highest BCUT2D eigenvalue weighted by atomic mass is 16.3. The van der Waals surface area contributed by atoms with Crippen LogP contribution in [0.4, 0.5) is 0 Å². The summed E-state index contributed by atoms with van der Waals surface area (Å²) in [6, 6.07) is 6.95. The number of nitrogens with zero attached hydrogens (tertiary/aromatic N) is 2. The second-order valence-corrected chi connectivity index (χ2v) is 6.40. The molecule has 0 unspecified atom stereocenters. The van der Waals surface area contributed by atoms with E-state index in [1.807, 2.05) is 0 Å². The zero-order valence-corrected chi connectivity index (χ0v) is 11.8. The molecule has 3 aliphatic rings. The minimum atomic E-state index is -0.512. The summed E-state index contributed by atoms with van der Waals surface area (Å²) < 4.78 is 0. The first kappa shape index (κ1) is 13.0. The third-order valence-corrected chi connectivity index (χ3v) is 4.85. The molecule has 0 atom stereocenters. The maximum Gasteiger partial charge on any atom is 0.261 e. The van der Waals surface area contributed by atoms with Gasteiger partial charge in [-0.3, -0.25) is 19.4 Å². The number of benzene rings is 1. The maximum atomic E-state index is 12.2. The van der Waals surface area contributed by atoms with Crippen molar-refractivity contribution in [1.82, 2.24) is 9.80 Å². The Kier molecular flexibility index (Phi) is 2.71. The summed E-state index contributed by atoms with van der Waals surface area (Å²) in [5.41, 5.74) is 0.489. The predicted octanol–water partition coefficient (Wildman–Crippen LogP) is 0.739. The van der Waals surface area contributed by atoms with Gasteiger partial charge in [0.15, 0.2) is 0 Å². The Morgan fingerprint density at radius 1 is 1.05 bits per heavy atom. The van der Waals surface area contributed by atoms with Crippen molar-refractivity contribution in [2.45, 2.75) is 18.4 Å². The minimum absolute atomic E-state index is 0.200. The molecule has 1 N–H and O–H groups in total. The van der Waals surface area contributed by atoms with Crippen molar-refractivity contribution in [2.75, 3.05) is 26.2 Å². The van der Waals surface area contributed by atoms with Crippen LogP contribution < -0.4 is 0 Å². The second kappa shape index (κ2) is 4.39. The van der Waals surface area contributed by atoms with Crippen LogP contribution in [0.25, 0.3) is 0 Å². The monoisotopic (exact) mass is 286 g/mol. The molecule has 0 radical (unpaired) electrons. The molecule has 0 aromatic heterocycles. The number of amides is 2. The molecule has 2 fully saturated rings. The molecule has 1 aliphatic carbocycles. The number of hydrogen-bond acceptors (Lipinski definition) is 4. The number of aliphatic hydroxyl groups is 1. The van der Waals surface area contributed by atoms with Crippen molar-refractivity contribution in [3.63, 3.8) is 0 Å². The second-order valence-electron chi connectivity index (χ2n) is 6.40. The Hall–Kier alpha value is -1.72. The van der Waals surface area contributed by atoms with Crippen LogP contribution in [-0.4, -0.2) is 58.5 Å². The van der Waals surface area contributed by atoms with E-state index < -0.39 is 5.60 Å². The Morgan fingerprint density at radius 3 is 2.14 bits per heavy atom. The molecule has 21 heavy (non-hydrogen) atoms. The van der Waals surface area contributed by atoms with E-state index in [1.54, 1.807) is 24.3 Å². The Labute approximate surface area is 123 Å². The highest BCUT2D eigenvalue weighted by Crippen LogP contribution is 2.44. The van der Waals surface area contributed by atoms with Crippen LogP contribution in [0, 0.1) is 5.92 Å². The lowest BCUT2D eigenvalue weighted by Gasteiger charge is -2.47. The smallest absolute Gasteiger partial charge is 0.261 e. The maximum absolute atomic E-state index is 12.2. The van der Waals surface area contributed by atoms with Crippen LogP contribution in [0.2, 0.25) is 0 Å². The molecule has 2 heterocycles. The largest absolute Gasteiger partial charge is 0.387 e. The SMILES string of the molecule is O=C1c2ccccc2C(=O)N1CCN1CC(O)(C2CC2)C1. The van der Waals surface area contributed by atoms with Gasteiger partial charge in [0.05, 0.1) is 16.7 Å². The number of carbonyl (C=O) groups excluding carboxylic acids is 2. The molecule has 2 aliphatic heterocycles. The van der Waals surface area contributed by atoms with Gasteiger partial charge in [-0.25, -0.2) is 0 Å². The number of hydrogen-bond donors (Lipinski definition) is 1. The fraction of sp³-hybridized carbons (Fsp3) is 0.500. The number of likely N-dealkylation sites (tertiary alicyclic amines) is 1. The molecule has 1 saturated carbocycles. The molecule has 110 valence electrons. The molecule has 1 saturated heterocycles. The molecule has 0 bridgehead atoms. The normalized spacial score (nSPS) is 24.1. The average Bonchev–Trinajstić information content (AvgIpc) is 3.26. The number of β-amino-alcohol motifs (C(OH)–C–C–N with tert-alkyl or cyclic N) is 1. The van der Waals surface area contributed by atoms with Gasteiger partial charge in [-0.05, 0) is 30.9 Å². The van der Waals surface area contributed by atoms with Crippen molar-refractivity contribution in [3.05, 3.63) is 35.4 Å². The predicted molar refractivity (Wildman–Crippen MR) is 75.9 cm³/mol. The fourth-order valence-corrected chi connectivity index (χ4v) is 3.45. The number of fused-ring (bicyclic) bond motifs is 1. The molecular weight excluding hydrogens is 268 g/mol. The van der Waals surface area contributed by atoms with Gasteiger partial charge in [-0.15, -0.1) is 0 Å². The summed E-state index contributed by atoms with van der Waals surface area (Å²) in [4.78, 5) is 27.8. The number of carbonyl (C=O) groups is 2. The van der Waals surface area contributed by atoms with Crippen molar-refractivity contribution in [3.8, 4) is 0 Å². The quantitative estimate of drug-likeness (QED) is 0.829. The van der Waals surface area contributed by atoms with Gasteiger partial charge in [-0.1, -0.05) is 12.1 Å². The molecular formula is C16H18N2O3. The molecule has 5 nitrogen and oxygen atoms in total. The third kappa shape index (κ3) is 2.00. The van der Waals surface area contributed by atoms with Gasteiger partial charge >= 0.3 is 0 Å². The lowest BCUT2D eigenvalue weighted by molar-refractivity contribution is -0.113. The molecule has 1 aromatic carbocycles. The summed E-state index contributed by atoms with van der Waals surface area (Å²) in [6.45, 7) is 2.37. The average molecular weight is 286 g/mol. The molecule has 5 heteroatoms. The fourth-order valence-electron chi connectivity index (χ4n) is 3.45. The minimum Gasteiger partial charge on any atom is -0.387 e. The lowest BCUT2D eigenvalue weighted by atomic mass is 9.89. The Balaban J connectivity index is 1.37. The van der Waals surface area contributed by atoms with Crippen molar-refractivity contribution in [2.24, 2.45) is 5.92 Å². The van der Waals surface area contributed by atoms with E-state index in [-0.39, 0.29) is 11.8 Å². The van der Waals surface area contributed by atoms with Crippen molar-refractivity contribution >= 4 is 11.8 Å². The van der Waals surface area contributed by atoms with Gasteiger partial charge in [0.1, 0.15) is 0 Å². The van der Waals surface area contributed by atoms with E-state index in [0.717, 1.165) is 12.8 Å². The van der Waals surface area contributed by atoms with Gasteiger partial charge in [0.2, 0.25) is 0 Å². The summed E-state index contributed by atoms with van der Waals surface area (Å²) >= 11 is 0. The van der Waals surface area contributed by atoms with Gasteiger partial charge in [0, 0.05) is 26.2 Å². The third-order valence-electron chi connectivity index (χ3n) is 4.85. The number of rotatable bonds is 4. The van der Waals surface area contributed by atoms with Crippen molar-refractivity contribution < 1.29 is 14.7 Å². The highest BCUT2D eigenvalue weighted by Gasteiger charge is 2.51. The van der Waals surface area contributed by atoms with Crippen LogP contribution in [0.5, 0.6) is 0 Å². The van der Waals surface area contributed by atoms with E-state index in [2.05, 4.69) is 4.90 Å². The van der Waals surface area contributed by atoms with Crippen LogP contribution in [0.1, 0.15) is 33.6 Å². The Morgan fingerprint density at radius 2 is 1.62 bits per heavy atom. The van der Waals surface area contributed by atoms with Crippen molar-refractivity contribution in [1.29, 1.82) is 0 Å². The highest BCUT2D eigenvalue weighted by molar-refractivity contribution is 6.21.